The first-order chi connectivity index (χ1) is 7.18. The predicted molar refractivity (Wildman–Crippen MR) is 54.8 cm³/mol. The van der Waals surface area contributed by atoms with Crippen molar-refractivity contribution in [1.29, 1.82) is 0 Å². The fourth-order valence-corrected chi connectivity index (χ4v) is 1.75. The normalized spacial score (nSPS) is 20.1. The van der Waals surface area contributed by atoms with Crippen LogP contribution in [0.3, 0.4) is 0 Å². The maximum Gasteiger partial charge on any atom is 0.313 e. The van der Waals surface area contributed by atoms with Crippen LogP contribution in [-0.4, -0.2) is 18.4 Å². The van der Waals surface area contributed by atoms with Gasteiger partial charge in [0.05, 0.1) is 12.5 Å². The number of Topliss-reactive ketones (excluding diaryl/α,β-unsaturated/α-hetero) is 1. The van der Waals surface area contributed by atoms with Gasteiger partial charge in [-0.25, -0.2) is 0 Å². The second kappa shape index (κ2) is 3.85. The summed E-state index contributed by atoms with van der Waals surface area (Å²) in [5.74, 6) is -0.271. The third kappa shape index (κ3) is 1.91. The van der Waals surface area contributed by atoms with E-state index in [-0.39, 0.29) is 17.7 Å². The summed E-state index contributed by atoms with van der Waals surface area (Å²) >= 11 is 0. The maximum absolute atomic E-state index is 11.3. The third-order valence-corrected chi connectivity index (χ3v) is 2.65. The average Bonchev–Trinajstić information content (AvgIpc) is 2.65. The largest absolute Gasteiger partial charge is 0.465 e. The number of benzene rings is 1. The van der Waals surface area contributed by atoms with Crippen molar-refractivity contribution in [2.75, 3.05) is 6.61 Å². The van der Waals surface area contributed by atoms with E-state index in [0.717, 1.165) is 12.0 Å². The van der Waals surface area contributed by atoms with Crippen molar-refractivity contribution >= 4 is 11.8 Å². The van der Waals surface area contributed by atoms with E-state index in [0.29, 0.717) is 12.2 Å². The van der Waals surface area contributed by atoms with Gasteiger partial charge in [-0.2, -0.15) is 0 Å². The van der Waals surface area contributed by atoms with E-state index >= 15 is 0 Å². The number of carbonyl (C=O) groups is 2. The molecule has 0 radical (unpaired) electrons. The standard InChI is InChI=1S/C12H12O3/c1-8(13)9-2-4-10(5-3-9)11-6-7-15-12(11)14/h2-5,11H,6-7H2,1H3. The average molecular weight is 204 g/mol. The number of rotatable bonds is 2. The van der Waals surface area contributed by atoms with Crippen LogP contribution in [0.2, 0.25) is 0 Å². The molecule has 78 valence electrons. The molecular weight excluding hydrogens is 192 g/mol. The van der Waals surface area contributed by atoms with Crippen molar-refractivity contribution in [1.82, 2.24) is 0 Å². The highest BCUT2D eigenvalue weighted by Crippen LogP contribution is 2.26. The lowest BCUT2D eigenvalue weighted by Crippen LogP contribution is -2.05. The van der Waals surface area contributed by atoms with Gasteiger partial charge in [0.1, 0.15) is 0 Å². The molecule has 0 bridgehead atoms. The van der Waals surface area contributed by atoms with Crippen LogP contribution in [0.4, 0.5) is 0 Å². The summed E-state index contributed by atoms with van der Waals surface area (Å²) in [6.45, 7) is 2.02. The van der Waals surface area contributed by atoms with Crippen LogP contribution in [0.5, 0.6) is 0 Å². The summed E-state index contributed by atoms with van der Waals surface area (Å²) < 4.78 is 4.89. The van der Waals surface area contributed by atoms with Gasteiger partial charge in [0.2, 0.25) is 0 Å². The van der Waals surface area contributed by atoms with E-state index in [2.05, 4.69) is 0 Å². The maximum atomic E-state index is 11.3. The highest BCUT2D eigenvalue weighted by molar-refractivity contribution is 5.94. The zero-order chi connectivity index (χ0) is 10.8. The lowest BCUT2D eigenvalue weighted by atomic mass is 9.96. The molecule has 1 atom stereocenters. The number of hydrogen-bond acceptors (Lipinski definition) is 3. The van der Waals surface area contributed by atoms with Crippen molar-refractivity contribution < 1.29 is 14.3 Å². The van der Waals surface area contributed by atoms with Crippen molar-refractivity contribution in [3.8, 4) is 0 Å². The Morgan fingerprint density at radius 3 is 2.47 bits per heavy atom. The number of esters is 1. The molecule has 0 aromatic heterocycles. The minimum atomic E-state index is -0.162. The van der Waals surface area contributed by atoms with E-state index in [1.165, 1.54) is 6.92 Å². The number of hydrogen-bond donors (Lipinski definition) is 0. The van der Waals surface area contributed by atoms with Gasteiger partial charge in [0.25, 0.3) is 0 Å². The summed E-state index contributed by atoms with van der Waals surface area (Å²) in [6, 6.07) is 7.16. The Labute approximate surface area is 88.1 Å². The van der Waals surface area contributed by atoms with E-state index < -0.39 is 0 Å². The molecule has 0 spiro atoms. The molecule has 3 nitrogen and oxygen atoms in total. The van der Waals surface area contributed by atoms with Crippen molar-refractivity contribution in [3.63, 3.8) is 0 Å². The highest BCUT2D eigenvalue weighted by atomic mass is 16.5. The SMILES string of the molecule is CC(=O)c1ccc(C2CCOC2=O)cc1. The van der Waals surface area contributed by atoms with Gasteiger partial charge in [0.15, 0.2) is 5.78 Å². The van der Waals surface area contributed by atoms with Crippen LogP contribution in [-0.2, 0) is 9.53 Å². The molecule has 0 N–H and O–H groups in total. The summed E-state index contributed by atoms with van der Waals surface area (Å²) in [5, 5.41) is 0. The van der Waals surface area contributed by atoms with Gasteiger partial charge in [-0.05, 0) is 18.9 Å². The molecule has 0 saturated carbocycles. The van der Waals surface area contributed by atoms with Crippen LogP contribution in [0.1, 0.15) is 35.2 Å². The summed E-state index contributed by atoms with van der Waals surface area (Å²) in [7, 11) is 0. The van der Waals surface area contributed by atoms with Crippen molar-refractivity contribution in [3.05, 3.63) is 35.4 Å². The molecular formula is C12H12O3. The van der Waals surface area contributed by atoms with E-state index in [9.17, 15) is 9.59 Å². The first-order valence-corrected chi connectivity index (χ1v) is 4.96. The van der Waals surface area contributed by atoms with Gasteiger partial charge < -0.3 is 4.74 Å². The summed E-state index contributed by atoms with van der Waals surface area (Å²) in [4.78, 5) is 22.4. The molecule has 0 amide bonds. The van der Waals surface area contributed by atoms with Gasteiger partial charge >= 0.3 is 5.97 Å². The molecule has 0 aliphatic carbocycles. The minimum Gasteiger partial charge on any atom is -0.465 e. The predicted octanol–water partition coefficient (Wildman–Crippen LogP) is 1.92. The Balaban J connectivity index is 2.23. The van der Waals surface area contributed by atoms with Gasteiger partial charge in [-0.1, -0.05) is 24.3 Å². The highest BCUT2D eigenvalue weighted by Gasteiger charge is 2.27. The van der Waals surface area contributed by atoms with Crippen LogP contribution in [0, 0.1) is 0 Å². The van der Waals surface area contributed by atoms with E-state index in [1.54, 1.807) is 12.1 Å². The van der Waals surface area contributed by atoms with Gasteiger partial charge in [-0.15, -0.1) is 0 Å². The molecule has 1 aliphatic heterocycles. The van der Waals surface area contributed by atoms with Crippen LogP contribution in [0.25, 0.3) is 0 Å². The summed E-state index contributed by atoms with van der Waals surface area (Å²) in [6.07, 6.45) is 0.734. The van der Waals surface area contributed by atoms with Crippen molar-refractivity contribution in [2.45, 2.75) is 19.3 Å². The molecule has 1 saturated heterocycles. The number of carbonyl (C=O) groups excluding carboxylic acids is 2. The number of ketones is 1. The second-order valence-corrected chi connectivity index (χ2v) is 3.69. The fraction of sp³-hybridized carbons (Fsp3) is 0.333. The lowest BCUT2D eigenvalue weighted by Gasteiger charge is -2.05. The topological polar surface area (TPSA) is 43.4 Å². The molecule has 1 aliphatic rings. The quantitative estimate of drug-likeness (QED) is 0.546. The summed E-state index contributed by atoms with van der Waals surface area (Å²) in [5.41, 5.74) is 1.60. The zero-order valence-corrected chi connectivity index (χ0v) is 8.53. The van der Waals surface area contributed by atoms with Crippen LogP contribution in [0.15, 0.2) is 24.3 Å². The fourth-order valence-electron chi connectivity index (χ4n) is 1.75. The molecule has 1 heterocycles. The Hall–Kier alpha value is -1.64. The second-order valence-electron chi connectivity index (χ2n) is 3.69. The first kappa shape index (κ1) is 9.90. The Kier molecular flexibility index (Phi) is 2.54. The van der Waals surface area contributed by atoms with Crippen LogP contribution >= 0.6 is 0 Å². The first-order valence-electron chi connectivity index (χ1n) is 4.96. The smallest absolute Gasteiger partial charge is 0.313 e. The zero-order valence-electron chi connectivity index (χ0n) is 8.53. The van der Waals surface area contributed by atoms with E-state index in [1.807, 2.05) is 12.1 Å². The molecule has 2 rings (SSSR count). The molecule has 1 unspecified atom stereocenters. The third-order valence-electron chi connectivity index (χ3n) is 2.65. The lowest BCUT2D eigenvalue weighted by molar-refractivity contribution is -0.139. The van der Waals surface area contributed by atoms with Gasteiger partial charge in [0, 0.05) is 5.56 Å². The molecule has 1 aromatic carbocycles. The van der Waals surface area contributed by atoms with Gasteiger partial charge in [-0.3, -0.25) is 9.59 Å². The van der Waals surface area contributed by atoms with E-state index in [4.69, 9.17) is 4.74 Å². The number of cyclic esters (lactones) is 1. The van der Waals surface area contributed by atoms with Crippen LogP contribution < -0.4 is 0 Å². The molecule has 3 heteroatoms. The Bertz CT molecular complexity index is 392. The molecule has 1 fully saturated rings. The minimum absolute atomic E-state index is 0.0375. The molecule has 1 aromatic rings. The van der Waals surface area contributed by atoms with Crippen molar-refractivity contribution in [2.24, 2.45) is 0 Å². The number of ether oxygens (including phenoxy) is 1. The Morgan fingerprint density at radius 2 is 2.00 bits per heavy atom. The monoisotopic (exact) mass is 204 g/mol. The Morgan fingerprint density at radius 1 is 1.33 bits per heavy atom. The molecule has 15 heavy (non-hydrogen) atoms.